The number of amides is 2. The van der Waals surface area contributed by atoms with Gasteiger partial charge < -0.3 is 20.1 Å². The Hall–Kier alpha value is -2.84. The van der Waals surface area contributed by atoms with Crippen molar-refractivity contribution in [3.63, 3.8) is 0 Å². The number of benzene rings is 2. The summed E-state index contributed by atoms with van der Waals surface area (Å²) in [6.45, 7) is 2.15. The zero-order valence-corrected chi connectivity index (χ0v) is 18.4. The lowest BCUT2D eigenvalue weighted by Gasteiger charge is -2.25. The normalized spacial score (nSPS) is 13.6. The Morgan fingerprint density at radius 2 is 1.48 bits per heavy atom. The van der Waals surface area contributed by atoms with Gasteiger partial charge in [-0.25, -0.2) is 4.39 Å². The van der Waals surface area contributed by atoms with Crippen molar-refractivity contribution < 1.29 is 23.5 Å². The maximum Gasteiger partial charge on any atom is 0.255 e. The molecule has 2 aromatic carbocycles. The molecule has 2 N–H and O–H groups in total. The Kier molecular flexibility index (Phi) is 9.08. The predicted octanol–water partition coefficient (Wildman–Crippen LogP) is 3.94. The van der Waals surface area contributed by atoms with Gasteiger partial charge in [0.25, 0.3) is 5.91 Å². The molecule has 168 valence electrons. The smallest absolute Gasteiger partial charge is 0.255 e. The number of methoxy groups -OCH3 is 2. The van der Waals surface area contributed by atoms with Crippen LogP contribution in [0.3, 0.4) is 0 Å². The first kappa shape index (κ1) is 24.4. The summed E-state index contributed by atoms with van der Waals surface area (Å²) in [6, 6.07) is 8.40. The molecular weight excluding hydrogens is 425 g/mol. The number of nitrogens with one attached hydrogen (secondary N) is 2. The summed E-state index contributed by atoms with van der Waals surface area (Å²) in [5.41, 5.74) is 1.13. The summed E-state index contributed by atoms with van der Waals surface area (Å²) >= 11 is 0. The van der Waals surface area contributed by atoms with E-state index in [2.05, 4.69) is 15.5 Å². The van der Waals surface area contributed by atoms with E-state index in [1.807, 2.05) is 0 Å². The summed E-state index contributed by atoms with van der Waals surface area (Å²) in [7, 11) is 2.95. The van der Waals surface area contributed by atoms with E-state index >= 15 is 0 Å². The number of hydrogen-bond donors (Lipinski definition) is 2. The number of rotatable bonds is 7. The number of carbonyl (C=O) groups is 2. The molecule has 0 unspecified atom stereocenters. The molecule has 0 spiro atoms. The molecule has 0 saturated carbocycles. The van der Waals surface area contributed by atoms with Crippen LogP contribution in [-0.2, 0) is 4.79 Å². The van der Waals surface area contributed by atoms with Gasteiger partial charge in [0.05, 0.1) is 32.1 Å². The van der Waals surface area contributed by atoms with Crippen molar-refractivity contribution in [2.45, 2.75) is 19.3 Å². The van der Waals surface area contributed by atoms with Gasteiger partial charge in [-0.05, 0) is 50.2 Å². The zero-order valence-electron chi connectivity index (χ0n) is 17.6. The quantitative estimate of drug-likeness (QED) is 0.666. The number of piperidine rings is 1. The highest BCUT2D eigenvalue weighted by Crippen LogP contribution is 2.36. The highest BCUT2D eigenvalue weighted by molar-refractivity contribution is 6.05. The number of carbonyl (C=O) groups excluding carboxylic acids is 2. The van der Waals surface area contributed by atoms with Crippen LogP contribution in [0.2, 0.25) is 0 Å². The SMILES string of the molecule is COc1cc(NC(=O)c2ccc(F)cc2)c(OC)cc1NC(=O)CN1CCCCC1.Cl. The standard InChI is InChI=1S/C22H26FN3O4.ClH/c1-29-19-13-18(25-22(28)15-6-8-16(23)9-7-15)20(30-2)12-17(19)24-21(27)14-26-10-4-3-5-11-26;/h6-9,12-13H,3-5,10-11,14H2,1-2H3,(H,24,27)(H,25,28);1H. The van der Waals surface area contributed by atoms with Crippen molar-refractivity contribution in [1.82, 2.24) is 4.90 Å². The van der Waals surface area contributed by atoms with E-state index in [0.717, 1.165) is 25.9 Å². The molecule has 1 aliphatic rings. The number of anilines is 2. The molecular formula is C22H27ClFN3O4. The van der Waals surface area contributed by atoms with E-state index in [4.69, 9.17) is 9.47 Å². The van der Waals surface area contributed by atoms with Crippen molar-refractivity contribution in [3.8, 4) is 11.5 Å². The first-order chi connectivity index (χ1) is 14.5. The average molecular weight is 452 g/mol. The molecule has 2 aromatic rings. The highest BCUT2D eigenvalue weighted by atomic mass is 35.5. The molecule has 0 aliphatic carbocycles. The fourth-order valence-corrected chi connectivity index (χ4v) is 3.40. The van der Waals surface area contributed by atoms with Gasteiger partial charge in [-0.1, -0.05) is 6.42 Å². The second kappa shape index (κ2) is 11.5. The molecule has 1 fully saturated rings. The summed E-state index contributed by atoms with van der Waals surface area (Å²) < 4.78 is 23.9. The van der Waals surface area contributed by atoms with Crippen molar-refractivity contribution in [3.05, 3.63) is 47.8 Å². The third-order valence-electron chi connectivity index (χ3n) is 4.97. The fourth-order valence-electron chi connectivity index (χ4n) is 3.40. The molecule has 0 atom stereocenters. The maximum absolute atomic E-state index is 13.1. The number of nitrogens with zero attached hydrogens (tertiary/aromatic N) is 1. The van der Waals surface area contributed by atoms with Crippen LogP contribution in [0, 0.1) is 5.82 Å². The van der Waals surface area contributed by atoms with Gasteiger partial charge in [0.1, 0.15) is 17.3 Å². The largest absolute Gasteiger partial charge is 0.494 e. The first-order valence-corrected chi connectivity index (χ1v) is 9.85. The van der Waals surface area contributed by atoms with Crippen LogP contribution in [0.25, 0.3) is 0 Å². The molecule has 0 bridgehead atoms. The van der Waals surface area contributed by atoms with Crippen LogP contribution in [-0.4, -0.2) is 50.6 Å². The van der Waals surface area contributed by atoms with Crippen LogP contribution in [0.4, 0.5) is 15.8 Å². The van der Waals surface area contributed by atoms with Gasteiger partial charge >= 0.3 is 0 Å². The summed E-state index contributed by atoms with van der Waals surface area (Å²) in [4.78, 5) is 27.1. The molecule has 1 saturated heterocycles. The molecule has 1 heterocycles. The van der Waals surface area contributed by atoms with Crippen molar-refractivity contribution in [2.75, 3.05) is 44.5 Å². The molecule has 0 radical (unpaired) electrons. The van der Waals surface area contributed by atoms with Crippen LogP contribution in [0.15, 0.2) is 36.4 Å². The van der Waals surface area contributed by atoms with E-state index in [9.17, 15) is 14.0 Å². The minimum absolute atomic E-state index is 0. The number of halogens is 2. The molecule has 3 rings (SSSR count). The highest BCUT2D eigenvalue weighted by Gasteiger charge is 2.18. The Morgan fingerprint density at radius 3 is 2.03 bits per heavy atom. The van der Waals surface area contributed by atoms with Crippen LogP contribution in [0.1, 0.15) is 29.6 Å². The van der Waals surface area contributed by atoms with Crippen LogP contribution >= 0.6 is 12.4 Å². The molecule has 7 nitrogen and oxygen atoms in total. The van der Waals surface area contributed by atoms with E-state index < -0.39 is 11.7 Å². The van der Waals surface area contributed by atoms with Gasteiger partial charge in [-0.2, -0.15) is 0 Å². The zero-order chi connectivity index (χ0) is 21.5. The van der Waals surface area contributed by atoms with E-state index in [-0.39, 0.29) is 18.3 Å². The lowest BCUT2D eigenvalue weighted by atomic mass is 10.1. The second-order valence-corrected chi connectivity index (χ2v) is 7.10. The molecule has 31 heavy (non-hydrogen) atoms. The van der Waals surface area contributed by atoms with E-state index in [0.29, 0.717) is 35.0 Å². The van der Waals surface area contributed by atoms with Crippen molar-refractivity contribution in [1.29, 1.82) is 0 Å². The maximum atomic E-state index is 13.1. The fraction of sp³-hybridized carbons (Fsp3) is 0.364. The predicted molar refractivity (Wildman–Crippen MR) is 120 cm³/mol. The van der Waals surface area contributed by atoms with Crippen molar-refractivity contribution in [2.24, 2.45) is 0 Å². The second-order valence-electron chi connectivity index (χ2n) is 7.10. The Labute approximate surface area is 187 Å². The third-order valence-corrected chi connectivity index (χ3v) is 4.97. The van der Waals surface area contributed by atoms with Gasteiger partial charge in [0, 0.05) is 17.7 Å². The van der Waals surface area contributed by atoms with Gasteiger partial charge in [0.2, 0.25) is 5.91 Å². The minimum Gasteiger partial charge on any atom is -0.494 e. The monoisotopic (exact) mass is 451 g/mol. The number of ether oxygens (including phenoxy) is 2. The van der Waals surface area contributed by atoms with E-state index in [1.54, 1.807) is 12.1 Å². The van der Waals surface area contributed by atoms with Crippen molar-refractivity contribution >= 4 is 35.6 Å². The van der Waals surface area contributed by atoms with Gasteiger partial charge in [-0.15, -0.1) is 12.4 Å². The molecule has 0 aromatic heterocycles. The molecule has 9 heteroatoms. The lowest BCUT2D eigenvalue weighted by molar-refractivity contribution is -0.117. The average Bonchev–Trinajstić information content (AvgIpc) is 2.75. The lowest BCUT2D eigenvalue weighted by Crippen LogP contribution is -2.36. The van der Waals surface area contributed by atoms with Gasteiger partial charge in [-0.3, -0.25) is 14.5 Å². The third kappa shape index (κ3) is 6.57. The Bertz CT molecular complexity index is 902. The number of likely N-dealkylation sites (tertiary alicyclic amines) is 1. The summed E-state index contributed by atoms with van der Waals surface area (Å²) in [6.07, 6.45) is 3.41. The topological polar surface area (TPSA) is 79.9 Å². The summed E-state index contributed by atoms with van der Waals surface area (Å²) in [5, 5.41) is 5.59. The molecule has 1 aliphatic heterocycles. The first-order valence-electron chi connectivity index (χ1n) is 9.85. The van der Waals surface area contributed by atoms with E-state index in [1.165, 1.54) is 44.9 Å². The number of hydrogen-bond acceptors (Lipinski definition) is 5. The van der Waals surface area contributed by atoms with Crippen LogP contribution < -0.4 is 20.1 Å². The molecule has 2 amide bonds. The van der Waals surface area contributed by atoms with Crippen LogP contribution in [0.5, 0.6) is 11.5 Å². The Morgan fingerprint density at radius 1 is 0.935 bits per heavy atom. The summed E-state index contributed by atoms with van der Waals surface area (Å²) in [5.74, 6) is -0.232. The Balaban J connectivity index is 0.00000341. The minimum atomic E-state index is -0.421. The van der Waals surface area contributed by atoms with Gasteiger partial charge in [0.15, 0.2) is 0 Å².